The number of rotatable bonds is 2. The van der Waals surface area contributed by atoms with E-state index in [1.165, 1.54) is 11.0 Å². The molecule has 0 aromatic carbocycles. The Bertz CT molecular complexity index is 455. The maximum atomic E-state index is 12.0. The SMILES string of the molecule is Cl.O=C(O)C1CCN(C(=O)c2cc(Cl)c(Cl)[nH]2)C1. The molecule has 1 aliphatic heterocycles. The smallest absolute Gasteiger partial charge is 0.308 e. The molecule has 100 valence electrons. The summed E-state index contributed by atoms with van der Waals surface area (Å²) in [5.74, 6) is -1.63. The van der Waals surface area contributed by atoms with Crippen molar-refractivity contribution in [2.24, 2.45) is 5.92 Å². The van der Waals surface area contributed by atoms with Gasteiger partial charge in [0.1, 0.15) is 10.8 Å². The van der Waals surface area contributed by atoms with Crippen molar-refractivity contribution in [1.82, 2.24) is 9.88 Å². The maximum absolute atomic E-state index is 12.0. The summed E-state index contributed by atoms with van der Waals surface area (Å²) in [6, 6.07) is 1.44. The number of aliphatic carboxylic acids is 1. The molecule has 0 radical (unpaired) electrons. The van der Waals surface area contributed by atoms with E-state index in [2.05, 4.69) is 4.98 Å². The van der Waals surface area contributed by atoms with Gasteiger partial charge in [-0.25, -0.2) is 0 Å². The topological polar surface area (TPSA) is 73.4 Å². The zero-order valence-corrected chi connectivity index (χ0v) is 11.5. The van der Waals surface area contributed by atoms with Crippen LogP contribution in [0.5, 0.6) is 0 Å². The van der Waals surface area contributed by atoms with Crippen LogP contribution in [0.15, 0.2) is 6.07 Å². The van der Waals surface area contributed by atoms with Gasteiger partial charge < -0.3 is 15.0 Å². The number of carboxylic acids is 1. The van der Waals surface area contributed by atoms with Crippen LogP contribution in [0.25, 0.3) is 0 Å². The normalized spacial score (nSPS) is 18.6. The van der Waals surface area contributed by atoms with Crippen molar-refractivity contribution < 1.29 is 14.7 Å². The first-order valence-electron chi connectivity index (χ1n) is 5.05. The minimum absolute atomic E-state index is 0. The number of nitrogens with zero attached hydrogens (tertiary/aromatic N) is 1. The van der Waals surface area contributed by atoms with E-state index in [1.807, 2.05) is 0 Å². The lowest BCUT2D eigenvalue weighted by Gasteiger charge is -2.14. The van der Waals surface area contributed by atoms with E-state index in [1.54, 1.807) is 0 Å². The van der Waals surface area contributed by atoms with Crippen molar-refractivity contribution in [3.05, 3.63) is 21.9 Å². The van der Waals surface area contributed by atoms with Crippen LogP contribution < -0.4 is 0 Å². The average Bonchev–Trinajstić information content (AvgIpc) is 2.86. The minimum atomic E-state index is -0.872. The van der Waals surface area contributed by atoms with Crippen LogP contribution in [0.1, 0.15) is 16.9 Å². The van der Waals surface area contributed by atoms with Crippen LogP contribution >= 0.6 is 35.6 Å². The second-order valence-corrected chi connectivity index (χ2v) is 4.71. The predicted octanol–water partition coefficient (Wildman–Crippen LogP) is 2.29. The molecule has 1 aromatic heterocycles. The third kappa shape index (κ3) is 2.91. The summed E-state index contributed by atoms with van der Waals surface area (Å²) in [6.45, 7) is 0.659. The van der Waals surface area contributed by atoms with Crippen LogP contribution in [0.3, 0.4) is 0 Å². The number of hydrogen-bond donors (Lipinski definition) is 2. The Hall–Kier alpha value is -0.910. The molecule has 0 saturated carbocycles. The number of halogens is 3. The summed E-state index contributed by atoms with van der Waals surface area (Å²) in [5.41, 5.74) is 0.283. The van der Waals surface area contributed by atoms with Crippen LogP contribution in [-0.4, -0.2) is 40.0 Å². The Labute approximate surface area is 119 Å². The molecule has 1 unspecified atom stereocenters. The summed E-state index contributed by atoms with van der Waals surface area (Å²) in [5, 5.41) is 9.34. The number of aromatic amines is 1. The molecule has 2 heterocycles. The fraction of sp³-hybridized carbons (Fsp3) is 0.400. The summed E-state index contributed by atoms with van der Waals surface area (Å²) >= 11 is 11.4. The van der Waals surface area contributed by atoms with Gasteiger partial charge in [-0.2, -0.15) is 0 Å². The van der Waals surface area contributed by atoms with E-state index in [0.29, 0.717) is 13.0 Å². The fourth-order valence-electron chi connectivity index (χ4n) is 1.84. The van der Waals surface area contributed by atoms with Crippen LogP contribution in [0.2, 0.25) is 10.2 Å². The second kappa shape index (κ2) is 5.82. The number of carboxylic acid groups (broad SMARTS) is 1. The highest BCUT2D eigenvalue weighted by atomic mass is 35.5. The third-order valence-electron chi connectivity index (χ3n) is 2.78. The Kier molecular flexibility index (Phi) is 4.90. The molecule has 1 aliphatic rings. The van der Waals surface area contributed by atoms with Gasteiger partial charge in [0, 0.05) is 13.1 Å². The number of aromatic nitrogens is 1. The van der Waals surface area contributed by atoms with Gasteiger partial charge in [-0.1, -0.05) is 23.2 Å². The summed E-state index contributed by atoms with van der Waals surface area (Å²) in [7, 11) is 0. The van der Waals surface area contributed by atoms with Gasteiger partial charge in [0.25, 0.3) is 5.91 Å². The highest BCUT2D eigenvalue weighted by molar-refractivity contribution is 6.41. The van der Waals surface area contributed by atoms with E-state index in [9.17, 15) is 9.59 Å². The number of H-pyrrole nitrogens is 1. The highest BCUT2D eigenvalue weighted by Crippen LogP contribution is 2.24. The number of carbonyl (C=O) groups excluding carboxylic acids is 1. The molecule has 5 nitrogen and oxygen atoms in total. The molecule has 2 rings (SSSR count). The van der Waals surface area contributed by atoms with Crippen molar-refractivity contribution in [3.8, 4) is 0 Å². The van der Waals surface area contributed by atoms with Gasteiger partial charge in [0.2, 0.25) is 0 Å². The molecule has 2 N–H and O–H groups in total. The first kappa shape index (κ1) is 15.1. The first-order valence-corrected chi connectivity index (χ1v) is 5.80. The second-order valence-electron chi connectivity index (χ2n) is 3.92. The average molecular weight is 314 g/mol. The first-order chi connectivity index (χ1) is 7.99. The number of carbonyl (C=O) groups is 2. The van der Waals surface area contributed by atoms with Gasteiger partial charge >= 0.3 is 5.97 Å². The Morgan fingerprint density at radius 1 is 1.44 bits per heavy atom. The minimum Gasteiger partial charge on any atom is -0.481 e. The third-order valence-corrected chi connectivity index (χ3v) is 3.47. The van der Waals surface area contributed by atoms with Crippen LogP contribution in [0.4, 0.5) is 0 Å². The molecular formula is C10H11Cl3N2O3. The molecule has 1 atom stereocenters. The monoisotopic (exact) mass is 312 g/mol. The van der Waals surface area contributed by atoms with Gasteiger partial charge in [-0.05, 0) is 12.5 Å². The fourth-order valence-corrected chi connectivity index (χ4v) is 2.15. The van der Waals surface area contributed by atoms with Crippen molar-refractivity contribution >= 4 is 47.5 Å². The van der Waals surface area contributed by atoms with Gasteiger partial charge in [-0.3, -0.25) is 9.59 Å². The molecule has 1 aromatic rings. The Balaban J connectivity index is 0.00000162. The van der Waals surface area contributed by atoms with Gasteiger partial charge in [-0.15, -0.1) is 12.4 Å². The number of amides is 1. The van der Waals surface area contributed by atoms with Gasteiger partial charge in [0.15, 0.2) is 0 Å². The molecule has 1 amide bonds. The summed E-state index contributed by atoms with van der Waals surface area (Å²) < 4.78 is 0. The predicted molar refractivity (Wildman–Crippen MR) is 69.7 cm³/mol. The zero-order chi connectivity index (χ0) is 12.6. The maximum Gasteiger partial charge on any atom is 0.308 e. The van der Waals surface area contributed by atoms with E-state index in [4.69, 9.17) is 28.3 Å². The summed E-state index contributed by atoms with van der Waals surface area (Å²) in [6.07, 6.45) is 0.475. The molecular weight excluding hydrogens is 302 g/mol. The molecule has 0 aliphatic carbocycles. The number of hydrogen-bond acceptors (Lipinski definition) is 2. The van der Waals surface area contributed by atoms with E-state index < -0.39 is 11.9 Å². The molecule has 18 heavy (non-hydrogen) atoms. The largest absolute Gasteiger partial charge is 0.481 e. The van der Waals surface area contributed by atoms with Crippen molar-refractivity contribution in [2.75, 3.05) is 13.1 Å². The molecule has 0 bridgehead atoms. The highest BCUT2D eigenvalue weighted by Gasteiger charge is 2.31. The van der Waals surface area contributed by atoms with Crippen LogP contribution in [0, 0.1) is 5.92 Å². The van der Waals surface area contributed by atoms with E-state index >= 15 is 0 Å². The van der Waals surface area contributed by atoms with Crippen molar-refractivity contribution in [1.29, 1.82) is 0 Å². The molecule has 8 heteroatoms. The standard InChI is InChI=1S/C10H10Cl2N2O3.ClH/c11-6-3-7(13-8(6)12)9(15)14-2-1-5(4-14)10(16)17;/h3,5,13H,1-2,4H2,(H,16,17);1H. The lowest BCUT2D eigenvalue weighted by Crippen LogP contribution is -2.30. The van der Waals surface area contributed by atoms with E-state index in [0.717, 1.165) is 0 Å². The van der Waals surface area contributed by atoms with Crippen LogP contribution in [-0.2, 0) is 4.79 Å². The van der Waals surface area contributed by atoms with E-state index in [-0.39, 0.29) is 40.7 Å². The number of nitrogens with one attached hydrogen (secondary N) is 1. The molecule has 0 spiro atoms. The lowest BCUT2D eigenvalue weighted by molar-refractivity contribution is -0.141. The Morgan fingerprint density at radius 2 is 2.11 bits per heavy atom. The number of likely N-dealkylation sites (tertiary alicyclic amines) is 1. The van der Waals surface area contributed by atoms with Gasteiger partial charge in [0.05, 0.1) is 10.9 Å². The van der Waals surface area contributed by atoms with Crippen molar-refractivity contribution in [3.63, 3.8) is 0 Å². The quantitative estimate of drug-likeness (QED) is 0.880. The van der Waals surface area contributed by atoms with Crippen molar-refractivity contribution in [2.45, 2.75) is 6.42 Å². The Morgan fingerprint density at radius 3 is 2.56 bits per heavy atom. The summed E-state index contributed by atoms with van der Waals surface area (Å²) in [4.78, 5) is 26.9. The molecule has 1 saturated heterocycles. The molecule has 1 fully saturated rings. The zero-order valence-electron chi connectivity index (χ0n) is 9.15. The lowest BCUT2D eigenvalue weighted by atomic mass is 10.1.